The van der Waals surface area contributed by atoms with Crippen molar-refractivity contribution in [2.45, 2.75) is 38.1 Å². The summed E-state index contributed by atoms with van der Waals surface area (Å²) in [5, 5.41) is 9.74. The molecule has 0 aliphatic carbocycles. The number of nitrogens with zero attached hydrogens (tertiary/aromatic N) is 4. The highest BCUT2D eigenvalue weighted by molar-refractivity contribution is 7.99. The largest absolute Gasteiger partial charge is 0.369 e. The van der Waals surface area contributed by atoms with Gasteiger partial charge in [0.05, 0.1) is 10.6 Å². The molecule has 0 fully saturated rings. The van der Waals surface area contributed by atoms with Crippen LogP contribution in [-0.4, -0.2) is 51.3 Å². The van der Waals surface area contributed by atoms with Gasteiger partial charge < -0.3 is 10.6 Å². The van der Waals surface area contributed by atoms with Crippen molar-refractivity contribution in [3.8, 4) is 0 Å². The summed E-state index contributed by atoms with van der Waals surface area (Å²) >= 11 is 3.29. The van der Waals surface area contributed by atoms with Crippen LogP contribution in [0.25, 0.3) is 0 Å². The van der Waals surface area contributed by atoms with Gasteiger partial charge in [-0.1, -0.05) is 26.0 Å². The predicted octanol–water partition coefficient (Wildman–Crippen LogP) is 4.72. The molecule has 0 bridgehead atoms. The van der Waals surface area contributed by atoms with E-state index < -0.39 is 0 Å². The first-order valence-electron chi connectivity index (χ1n) is 11.2. The molecule has 1 aromatic carbocycles. The van der Waals surface area contributed by atoms with E-state index in [1.165, 1.54) is 21.8 Å². The number of hydrogen-bond donors (Lipinski definition) is 3. The zero-order valence-electron chi connectivity index (χ0n) is 18.9. The third kappa shape index (κ3) is 6.43. The molecule has 4 rings (SSSR count). The number of carbonyl (C=O) groups is 1. The van der Waals surface area contributed by atoms with Crippen LogP contribution in [0.15, 0.2) is 41.7 Å². The highest BCUT2D eigenvalue weighted by Crippen LogP contribution is 2.34. The van der Waals surface area contributed by atoms with Gasteiger partial charge in [-0.05, 0) is 30.8 Å². The molecule has 8 nitrogen and oxygen atoms in total. The van der Waals surface area contributed by atoms with E-state index in [0.29, 0.717) is 5.13 Å². The van der Waals surface area contributed by atoms with Crippen molar-refractivity contribution in [3.63, 3.8) is 0 Å². The number of aromatic nitrogens is 3. The van der Waals surface area contributed by atoms with Crippen molar-refractivity contribution in [2.24, 2.45) is 0 Å². The Balaban J connectivity index is 1.26. The van der Waals surface area contributed by atoms with Crippen LogP contribution in [0.1, 0.15) is 30.0 Å². The minimum absolute atomic E-state index is 0.289. The summed E-state index contributed by atoms with van der Waals surface area (Å²) in [5.74, 6) is 1.97. The quantitative estimate of drug-likeness (QED) is 0.384. The Bertz CT molecular complexity index is 1080. The van der Waals surface area contributed by atoms with Crippen molar-refractivity contribution in [1.29, 1.82) is 0 Å². The van der Waals surface area contributed by atoms with Gasteiger partial charge in [0.15, 0.2) is 5.13 Å². The molecule has 0 atom stereocenters. The molecule has 10 heteroatoms. The molecule has 0 radical (unpaired) electrons. The number of thiazole rings is 1. The maximum absolute atomic E-state index is 12.4. The number of nitrogens with one attached hydrogen (secondary N) is 3. The SMILES string of the molecule is CCN(CC)Cc1cccc(NC(=O)Nc2ncc(CCNc3ncnc4c3SCC4)s2)c1. The molecule has 0 unspecified atom stereocenters. The predicted molar refractivity (Wildman–Crippen MR) is 136 cm³/mol. The second-order valence-electron chi connectivity index (χ2n) is 7.65. The van der Waals surface area contributed by atoms with E-state index >= 15 is 0 Å². The highest BCUT2D eigenvalue weighted by Gasteiger charge is 2.17. The number of anilines is 3. The Kier molecular flexibility index (Phi) is 8.14. The second-order valence-corrected chi connectivity index (χ2v) is 9.87. The molecule has 1 aliphatic heterocycles. The molecule has 33 heavy (non-hydrogen) atoms. The first-order chi connectivity index (χ1) is 16.1. The fraction of sp³-hybridized carbons (Fsp3) is 0.391. The number of benzene rings is 1. The van der Waals surface area contributed by atoms with Gasteiger partial charge in [0.2, 0.25) is 0 Å². The summed E-state index contributed by atoms with van der Waals surface area (Å²) in [4.78, 5) is 30.1. The first kappa shape index (κ1) is 23.5. The van der Waals surface area contributed by atoms with E-state index in [-0.39, 0.29) is 6.03 Å². The molecule has 174 valence electrons. The summed E-state index contributed by atoms with van der Waals surface area (Å²) in [5.41, 5.74) is 3.08. The molecular formula is C23H29N7OS2. The van der Waals surface area contributed by atoms with Crippen molar-refractivity contribution >= 4 is 45.8 Å². The Hall–Kier alpha value is -2.69. The topological polar surface area (TPSA) is 95.1 Å². The fourth-order valence-corrected chi connectivity index (χ4v) is 5.50. The molecule has 0 saturated heterocycles. The lowest BCUT2D eigenvalue weighted by molar-refractivity contribution is 0.262. The fourth-order valence-electron chi connectivity index (χ4n) is 3.61. The Morgan fingerprint density at radius 2 is 2.03 bits per heavy atom. The number of amides is 2. The van der Waals surface area contributed by atoms with Crippen LogP contribution in [-0.2, 0) is 19.4 Å². The molecule has 0 saturated carbocycles. The van der Waals surface area contributed by atoms with E-state index in [1.807, 2.05) is 24.4 Å². The standard InChI is InChI=1S/C23H29N7OS2/c1-3-30(4-2)14-16-6-5-7-17(12-16)28-22(31)29-23-25-13-18(33-23)8-10-24-21-20-19(9-11-32-20)26-15-27-21/h5-7,12-13,15H,3-4,8-11,14H2,1-2H3,(H,24,26,27)(H2,25,28,29,31). The van der Waals surface area contributed by atoms with Crippen LogP contribution < -0.4 is 16.0 Å². The minimum Gasteiger partial charge on any atom is -0.369 e. The van der Waals surface area contributed by atoms with Gasteiger partial charge in [-0.2, -0.15) is 0 Å². The second kappa shape index (κ2) is 11.4. The lowest BCUT2D eigenvalue weighted by Gasteiger charge is -2.18. The minimum atomic E-state index is -0.289. The molecule has 2 aromatic heterocycles. The van der Waals surface area contributed by atoms with E-state index in [1.54, 1.807) is 18.1 Å². The van der Waals surface area contributed by atoms with E-state index in [9.17, 15) is 4.79 Å². The monoisotopic (exact) mass is 483 g/mol. The zero-order valence-corrected chi connectivity index (χ0v) is 20.6. The average Bonchev–Trinajstić information content (AvgIpc) is 3.47. The smallest absolute Gasteiger partial charge is 0.325 e. The molecule has 3 aromatic rings. The van der Waals surface area contributed by atoms with Crippen LogP contribution in [0.3, 0.4) is 0 Å². The maximum Gasteiger partial charge on any atom is 0.325 e. The molecule has 3 N–H and O–H groups in total. The number of rotatable bonds is 10. The van der Waals surface area contributed by atoms with E-state index in [2.05, 4.69) is 55.7 Å². The van der Waals surface area contributed by atoms with Crippen molar-refractivity contribution in [2.75, 3.05) is 41.3 Å². The summed E-state index contributed by atoms with van der Waals surface area (Å²) in [6.07, 6.45) is 5.24. The summed E-state index contributed by atoms with van der Waals surface area (Å²) in [6, 6.07) is 7.67. The lowest BCUT2D eigenvalue weighted by atomic mass is 10.2. The van der Waals surface area contributed by atoms with Gasteiger partial charge >= 0.3 is 6.03 Å². The zero-order chi connectivity index (χ0) is 23.0. The van der Waals surface area contributed by atoms with Gasteiger partial charge in [0, 0.05) is 48.4 Å². The van der Waals surface area contributed by atoms with Crippen LogP contribution in [0, 0.1) is 0 Å². The lowest BCUT2D eigenvalue weighted by Crippen LogP contribution is -2.22. The Morgan fingerprint density at radius 1 is 1.15 bits per heavy atom. The summed E-state index contributed by atoms with van der Waals surface area (Å²) < 4.78 is 0. The Morgan fingerprint density at radius 3 is 2.88 bits per heavy atom. The number of aryl methyl sites for hydroxylation is 1. The molecular weight excluding hydrogens is 454 g/mol. The van der Waals surface area contributed by atoms with Gasteiger partial charge in [0.25, 0.3) is 0 Å². The highest BCUT2D eigenvalue weighted by atomic mass is 32.2. The van der Waals surface area contributed by atoms with Gasteiger partial charge in [-0.15, -0.1) is 23.1 Å². The summed E-state index contributed by atoms with van der Waals surface area (Å²) in [7, 11) is 0. The third-order valence-corrected chi connectivity index (χ3v) is 7.48. The number of thioether (sulfide) groups is 1. The van der Waals surface area contributed by atoms with Crippen molar-refractivity contribution in [3.05, 3.63) is 52.9 Å². The number of hydrogen-bond acceptors (Lipinski definition) is 8. The average molecular weight is 484 g/mol. The van der Waals surface area contributed by atoms with Crippen LogP contribution in [0.4, 0.5) is 21.4 Å². The molecule has 0 spiro atoms. The molecule has 2 amide bonds. The normalized spacial score (nSPS) is 12.6. The van der Waals surface area contributed by atoms with E-state index in [4.69, 9.17) is 0 Å². The van der Waals surface area contributed by atoms with E-state index in [0.717, 1.165) is 66.8 Å². The maximum atomic E-state index is 12.4. The van der Waals surface area contributed by atoms with Crippen LogP contribution in [0.5, 0.6) is 0 Å². The third-order valence-electron chi connectivity index (χ3n) is 5.39. The van der Waals surface area contributed by atoms with Crippen LogP contribution in [0.2, 0.25) is 0 Å². The first-order valence-corrected chi connectivity index (χ1v) is 13.0. The molecule has 3 heterocycles. The number of carbonyl (C=O) groups excluding carboxylic acids is 1. The molecule has 1 aliphatic rings. The van der Waals surface area contributed by atoms with Crippen molar-refractivity contribution in [1.82, 2.24) is 19.9 Å². The van der Waals surface area contributed by atoms with Gasteiger partial charge in [-0.25, -0.2) is 19.7 Å². The summed E-state index contributed by atoms with van der Waals surface area (Å²) in [6.45, 7) is 7.91. The number of fused-ring (bicyclic) bond motifs is 1. The number of urea groups is 1. The van der Waals surface area contributed by atoms with Crippen molar-refractivity contribution < 1.29 is 4.79 Å². The van der Waals surface area contributed by atoms with Crippen LogP contribution >= 0.6 is 23.1 Å². The van der Waals surface area contributed by atoms with Gasteiger partial charge in [0.1, 0.15) is 12.1 Å². The van der Waals surface area contributed by atoms with Gasteiger partial charge in [-0.3, -0.25) is 10.2 Å². The Labute approximate surface area is 202 Å².